The van der Waals surface area contributed by atoms with Crippen molar-refractivity contribution in [1.82, 2.24) is 4.90 Å². The van der Waals surface area contributed by atoms with Crippen molar-refractivity contribution in [2.24, 2.45) is 11.5 Å². The maximum absolute atomic E-state index is 12.5. The molecule has 0 radical (unpaired) electrons. The van der Waals surface area contributed by atoms with Crippen LogP contribution in [-0.2, 0) is 11.3 Å². The van der Waals surface area contributed by atoms with Crippen LogP contribution in [0.2, 0.25) is 0 Å². The van der Waals surface area contributed by atoms with Gasteiger partial charge in [-0.05, 0) is 31.9 Å². The zero-order chi connectivity index (χ0) is 22.7. The van der Waals surface area contributed by atoms with E-state index in [4.69, 9.17) is 16.2 Å². The van der Waals surface area contributed by atoms with Crippen LogP contribution in [0.25, 0.3) is 0 Å². The summed E-state index contributed by atoms with van der Waals surface area (Å²) in [4.78, 5) is 14.2. The molecule has 0 fully saturated rings. The van der Waals surface area contributed by atoms with Crippen LogP contribution < -0.4 is 16.2 Å². The number of ether oxygens (including phenoxy) is 1. The van der Waals surface area contributed by atoms with Crippen molar-refractivity contribution in [1.29, 1.82) is 0 Å². The fourth-order valence-electron chi connectivity index (χ4n) is 3.80. The first-order valence-corrected chi connectivity index (χ1v) is 12.5. The molecule has 4 N–H and O–H groups in total. The largest absolute Gasteiger partial charge is 0.493 e. The Balaban J connectivity index is 2.28. The molecule has 1 rings (SSSR count). The van der Waals surface area contributed by atoms with Crippen molar-refractivity contribution in [3.8, 4) is 5.75 Å². The fraction of sp³-hybridized carbons (Fsp3) is 0.731. The lowest BCUT2D eigenvalue weighted by Crippen LogP contribution is -2.41. The molecule has 0 aliphatic heterocycles. The van der Waals surface area contributed by atoms with E-state index in [9.17, 15) is 4.79 Å². The molecule has 0 saturated heterocycles. The van der Waals surface area contributed by atoms with Crippen LogP contribution >= 0.6 is 0 Å². The number of carbonyl (C=O) groups is 1. The lowest BCUT2D eigenvalue weighted by atomic mass is 10.1. The van der Waals surface area contributed by atoms with Crippen molar-refractivity contribution >= 4 is 5.91 Å². The minimum atomic E-state index is -0.462. The van der Waals surface area contributed by atoms with Crippen LogP contribution in [0.15, 0.2) is 24.3 Å². The van der Waals surface area contributed by atoms with Gasteiger partial charge in [0.25, 0.3) is 0 Å². The van der Waals surface area contributed by atoms with Crippen molar-refractivity contribution < 1.29 is 9.53 Å². The number of para-hydroxylation sites is 1. The number of rotatable bonds is 19. The molecule has 0 aromatic heterocycles. The van der Waals surface area contributed by atoms with Crippen molar-refractivity contribution in [3.63, 3.8) is 0 Å². The monoisotopic (exact) mass is 433 g/mol. The minimum absolute atomic E-state index is 0.0264. The standard InChI is InChI=1S/C26H47N3O2/c1-3-4-5-6-7-8-9-10-11-16-21-31-25-19-13-12-17-23(25)22-29(2)26(30)24(28)18-14-15-20-27/h12-13,17,19,24H,3-11,14-16,18,20-22,27-28H2,1-2H3/t24-/m1/s1. The summed E-state index contributed by atoms with van der Waals surface area (Å²) in [5, 5.41) is 0. The first-order valence-electron chi connectivity index (χ1n) is 12.5. The zero-order valence-electron chi connectivity index (χ0n) is 20.1. The van der Waals surface area contributed by atoms with Gasteiger partial charge in [-0.15, -0.1) is 0 Å². The SMILES string of the molecule is CCCCCCCCCCCCOc1ccccc1CN(C)C(=O)[C@H](N)CCCCN. The topological polar surface area (TPSA) is 81.6 Å². The van der Waals surface area contributed by atoms with E-state index in [2.05, 4.69) is 6.92 Å². The van der Waals surface area contributed by atoms with Gasteiger partial charge in [-0.25, -0.2) is 0 Å². The second-order valence-electron chi connectivity index (χ2n) is 8.72. The van der Waals surface area contributed by atoms with Crippen LogP contribution in [0, 0.1) is 0 Å². The summed E-state index contributed by atoms with van der Waals surface area (Å²) in [6.45, 7) is 4.14. The molecule has 0 saturated carbocycles. The predicted octanol–water partition coefficient (Wildman–Crippen LogP) is 5.40. The Kier molecular flexibility index (Phi) is 16.0. The quantitative estimate of drug-likeness (QED) is 0.286. The number of likely N-dealkylation sites (N-methyl/N-ethyl adjacent to an activating group) is 1. The van der Waals surface area contributed by atoms with E-state index < -0.39 is 6.04 Å². The maximum atomic E-state index is 12.5. The Morgan fingerprint density at radius 3 is 2.19 bits per heavy atom. The third-order valence-electron chi connectivity index (χ3n) is 5.80. The molecule has 0 heterocycles. The van der Waals surface area contributed by atoms with Crippen LogP contribution in [-0.4, -0.2) is 37.0 Å². The average Bonchev–Trinajstić information content (AvgIpc) is 2.78. The van der Waals surface area contributed by atoms with Gasteiger partial charge in [-0.1, -0.05) is 89.3 Å². The number of benzene rings is 1. The number of nitrogens with zero attached hydrogens (tertiary/aromatic N) is 1. The molecule has 1 atom stereocenters. The Morgan fingerprint density at radius 2 is 1.55 bits per heavy atom. The van der Waals surface area contributed by atoms with E-state index in [0.29, 0.717) is 19.5 Å². The lowest BCUT2D eigenvalue weighted by Gasteiger charge is -2.22. The third kappa shape index (κ3) is 12.8. The summed E-state index contributed by atoms with van der Waals surface area (Å²) in [5.41, 5.74) is 12.6. The maximum Gasteiger partial charge on any atom is 0.239 e. The van der Waals surface area contributed by atoms with Gasteiger partial charge in [-0.2, -0.15) is 0 Å². The third-order valence-corrected chi connectivity index (χ3v) is 5.80. The predicted molar refractivity (Wildman–Crippen MR) is 131 cm³/mol. The number of unbranched alkanes of at least 4 members (excludes halogenated alkanes) is 10. The molecule has 5 heteroatoms. The number of nitrogens with two attached hydrogens (primary N) is 2. The van der Waals surface area contributed by atoms with E-state index in [1.54, 1.807) is 4.90 Å². The van der Waals surface area contributed by atoms with Gasteiger partial charge < -0.3 is 21.1 Å². The summed E-state index contributed by atoms with van der Waals surface area (Å²) >= 11 is 0. The van der Waals surface area contributed by atoms with E-state index in [-0.39, 0.29) is 5.91 Å². The van der Waals surface area contributed by atoms with E-state index in [1.807, 2.05) is 31.3 Å². The normalized spacial score (nSPS) is 12.0. The first kappa shape index (κ1) is 27.4. The van der Waals surface area contributed by atoms with Crippen LogP contribution in [0.3, 0.4) is 0 Å². The Hall–Kier alpha value is -1.59. The second kappa shape index (κ2) is 18.0. The molecule has 0 unspecified atom stereocenters. The van der Waals surface area contributed by atoms with E-state index in [1.165, 1.54) is 57.8 Å². The molecule has 1 aromatic rings. The molecule has 0 aliphatic rings. The minimum Gasteiger partial charge on any atom is -0.493 e. The smallest absolute Gasteiger partial charge is 0.239 e. The Morgan fingerprint density at radius 1 is 0.935 bits per heavy atom. The molecule has 0 aliphatic carbocycles. The van der Waals surface area contributed by atoms with Gasteiger partial charge in [0.1, 0.15) is 5.75 Å². The average molecular weight is 434 g/mol. The van der Waals surface area contributed by atoms with Crippen molar-refractivity contribution in [3.05, 3.63) is 29.8 Å². The summed E-state index contributed by atoms with van der Waals surface area (Å²) < 4.78 is 6.05. The van der Waals surface area contributed by atoms with Crippen molar-refractivity contribution in [2.45, 2.75) is 103 Å². The summed E-state index contributed by atoms with van der Waals surface area (Å²) in [7, 11) is 1.81. The first-order chi connectivity index (χ1) is 15.1. The van der Waals surface area contributed by atoms with Gasteiger partial charge in [0, 0.05) is 19.2 Å². The molecular weight excluding hydrogens is 386 g/mol. The van der Waals surface area contributed by atoms with E-state index in [0.717, 1.165) is 37.2 Å². The summed E-state index contributed by atoms with van der Waals surface area (Å²) in [6.07, 6.45) is 15.6. The fourth-order valence-corrected chi connectivity index (χ4v) is 3.80. The molecule has 31 heavy (non-hydrogen) atoms. The number of amides is 1. The lowest BCUT2D eigenvalue weighted by molar-refractivity contribution is -0.132. The Bertz CT molecular complexity index is 580. The summed E-state index contributed by atoms with van der Waals surface area (Å²) in [5.74, 6) is 0.844. The van der Waals surface area contributed by atoms with Gasteiger partial charge in [0.15, 0.2) is 0 Å². The van der Waals surface area contributed by atoms with Gasteiger partial charge >= 0.3 is 0 Å². The van der Waals surface area contributed by atoms with Crippen LogP contribution in [0.1, 0.15) is 96.0 Å². The van der Waals surface area contributed by atoms with Crippen molar-refractivity contribution in [2.75, 3.05) is 20.2 Å². The van der Waals surface area contributed by atoms with Gasteiger partial charge in [0.05, 0.1) is 12.6 Å². The number of carbonyl (C=O) groups excluding carboxylic acids is 1. The second-order valence-corrected chi connectivity index (χ2v) is 8.72. The highest BCUT2D eigenvalue weighted by molar-refractivity contribution is 5.81. The van der Waals surface area contributed by atoms with Gasteiger partial charge in [-0.3, -0.25) is 4.79 Å². The molecule has 1 aromatic carbocycles. The zero-order valence-corrected chi connectivity index (χ0v) is 20.1. The number of hydrogen-bond donors (Lipinski definition) is 2. The molecule has 0 spiro atoms. The molecule has 0 bridgehead atoms. The van der Waals surface area contributed by atoms with E-state index >= 15 is 0 Å². The highest BCUT2D eigenvalue weighted by Gasteiger charge is 2.18. The Labute approximate surface area is 190 Å². The molecule has 178 valence electrons. The molecular formula is C26H47N3O2. The van der Waals surface area contributed by atoms with Gasteiger partial charge in [0.2, 0.25) is 5.91 Å². The number of hydrogen-bond acceptors (Lipinski definition) is 4. The highest BCUT2D eigenvalue weighted by atomic mass is 16.5. The van der Waals surface area contributed by atoms with Crippen LogP contribution in [0.4, 0.5) is 0 Å². The summed E-state index contributed by atoms with van der Waals surface area (Å²) in [6, 6.07) is 7.53. The van der Waals surface area contributed by atoms with Crippen LogP contribution in [0.5, 0.6) is 5.75 Å². The molecule has 5 nitrogen and oxygen atoms in total. The molecule has 1 amide bonds. The highest BCUT2D eigenvalue weighted by Crippen LogP contribution is 2.20.